The van der Waals surface area contributed by atoms with Crippen molar-refractivity contribution >= 4 is 40.3 Å². The van der Waals surface area contributed by atoms with E-state index in [2.05, 4.69) is 11.9 Å². The molecule has 0 bridgehead atoms. The minimum Gasteiger partial charge on any atom is -0.461 e. The van der Waals surface area contributed by atoms with Crippen LogP contribution >= 0.6 is 22.6 Å². The van der Waals surface area contributed by atoms with Gasteiger partial charge in [-0.15, -0.1) is 0 Å². The zero-order chi connectivity index (χ0) is 22.0. The summed E-state index contributed by atoms with van der Waals surface area (Å²) in [7, 11) is 0. The summed E-state index contributed by atoms with van der Waals surface area (Å²) in [5.41, 5.74) is 1.94. The predicted octanol–water partition coefficient (Wildman–Crippen LogP) is 3.30. The Hall–Kier alpha value is -2.72. The average molecular weight is 521 g/mol. The number of rotatable bonds is 5. The Kier molecular flexibility index (Phi) is 6.57. The van der Waals surface area contributed by atoms with E-state index >= 15 is 0 Å². The van der Waals surface area contributed by atoms with E-state index in [1.807, 2.05) is 22.6 Å². The maximum Gasteiger partial charge on any atom is 0.302 e. The van der Waals surface area contributed by atoms with E-state index in [4.69, 9.17) is 9.47 Å². The Bertz CT molecular complexity index is 1050. The second-order valence-corrected chi connectivity index (χ2v) is 8.04. The van der Waals surface area contributed by atoms with Crippen molar-refractivity contribution in [1.82, 2.24) is 5.32 Å². The lowest BCUT2D eigenvalue weighted by Gasteiger charge is -2.33. The van der Waals surface area contributed by atoms with Crippen LogP contribution in [0.5, 0.6) is 5.75 Å². The minimum absolute atomic E-state index is 0.0517. The summed E-state index contributed by atoms with van der Waals surface area (Å²) < 4.78 is 11.3. The minimum atomic E-state index is -1.19. The number of amides is 1. The van der Waals surface area contributed by atoms with Crippen LogP contribution in [0.2, 0.25) is 0 Å². The van der Waals surface area contributed by atoms with Crippen LogP contribution in [-0.4, -0.2) is 28.9 Å². The molecule has 30 heavy (non-hydrogen) atoms. The molecule has 2 atom stereocenters. The lowest BCUT2D eigenvalue weighted by Crippen LogP contribution is -2.41. The lowest BCUT2D eigenvalue weighted by atomic mass is 9.93. The molecule has 0 saturated carbocycles. The number of carbonyl (C=O) groups is 3. The van der Waals surface area contributed by atoms with Crippen molar-refractivity contribution in [3.63, 3.8) is 0 Å². The molecular formula is C22H20INO6. The van der Waals surface area contributed by atoms with Gasteiger partial charge in [0.05, 0.1) is 9.61 Å². The first-order valence-electron chi connectivity index (χ1n) is 9.09. The molecule has 2 aromatic rings. The second-order valence-electron chi connectivity index (χ2n) is 6.88. The number of fused-ring (bicyclic) bond motifs is 1. The fraction of sp³-hybridized carbons (Fsp3) is 0.227. The van der Waals surface area contributed by atoms with Crippen molar-refractivity contribution in [3.8, 4) is 5.75 Å². The number of halogens is 1. The number of hydrogen-bond acceptors (Lipinski definition) is 6. The molecule has 8 heteroatoms. The van der Waals surface area contributed by atoms with Gasteiger partial charge in [-0.2, -0.15) is 0 Å². The third kappa shape index (κ3) is 4.71. The van der Waals surface area contributed by atoms with Crippen LogP contribution in [0.4, 0.5) is 0 Å². The number of ether oxygens (including phenoxy) is 2. The summed E-state index contributed by atoms with van der Waals surface area (Å²) in [6.07, 6.45) is -1.19. The molecule has 0 spiro atoms. The maximum atomic E-state index is 12.9. The number of Topliss-reactive ketones (excluding diaryl/α,β-unsaturated/α-hetero) is 1. The van der Waals surface area contributed by atoms with Gasteiger partial charge >= 0.3 is 5.97 Å². The molecule has 1 unspecified atom stereocenters. The second kappa shape index (κ2) is 8.97. The van der Waals surface area contributed by atoms with Crippen LogP contribution in [0.25, 0.3) is 0 Å². The molecule has 156 valence electrons. The van der Waals surface area contributed by atoms with E-state index in [9.17, 15) is 19.5 Å². The molecule has 0 saturated heterocycles. The number of ketones is 1. The number of esters is 1. The van der Waals surface area contributed by atoms with Crippen LogP contribution in [0.15, 0.2) is 48.7 Å². The lowest BCUT2D eigenvalue weighted by molar-refractivity contribution is -0.142. The Morgan fingerprint density at radius 1 is 1.20 bits per heavy atom. The number of benzene rings is 2. The fourth-order valence-electron chi connectivity index (χ4n) is 3.07. The Balaban J connectivity index is 1.92. The van der Waals surface area contributed by atoms with Crippen molar-refractivity contribution in [3.05, 3.63) is 74.6 Å². The number of nitrogens with one attached hydrogen (secondary N) is 1. The summed E-state index contributed by atoms with van der Waals surface area (Å²) in [6.45, 7) is 6.54. The van der Waals surface area contributed by atoms with Crippen LogP contribution in [0.3, 0.4) is 0 Å². The summed E-state index contributed by atoms with van der Waals surface area (Å²) in [6, 6.07) is 9.08. The molecule has 2 aromatic carbocycles. The normalized spacial score (nSPS) is 17.5. The molecule has 1 amide bonds. The highest BCUT2D eigenvalue weighted by molar-refractivity contribution is 14.1. The molecule has 0 aliphatic carbocycles. The van der Waals surface area contributed by atoms with Gasteiger partial charge in [0.15, 0.2) is 5.78 Å². The zero-order valence-electron chi connectivity index (χ0n) is 16.4. The largest absolute Gasteiger partial charge is 0.461 e. The molecule has 3 rings (SSSR count). The summed E-state index contributed by atoms with van der Waals surface area (Å²) >= 11 is 2.04. The third-order valence-electron chi connectivity index (χ3n) is 4.61. The fourth-order valence-corrected chi connectivity index (χ4v) is 3.83. The van der Waals surface area contributed by atoms with Crippen molar-refractivity contribution in [2.24, 2.45) is 0 Å². The van der Waals surface area contributed by atoms with Gasteiger partial charge in [0.2, 0.25) is 0 Å². The van der Waals surface area contributed by atoms with E-state index in [-0.39, 0.29) is 18.1 Å². The molecule has 2 N–H and O–H groups in total. The number of hydrogen-bond donors (Lipinski definition) is 2. The molecule has 0 fully saturated rings. The molecule has 1 aliphatic rings. The van der Waals surface area contributed by atoms with Crippen LogP contribution in [0.1, 0.15) is 51.7 Å². The Morgan fingerprint density at radius 3 is 2.60 bits per heavy atom. The van der Waals surface area contributed by atoms with E-state index in [0.717, 1.165) is 0 Å². The van der Waals surface area contributed by atoms with Crippen molar-refractivity contribution < 1.29 is 29.0 Å². The van der Waals surface area contributed by atoms with Crippen LogP contribution < -0.4 is 10.1 Å². The number of aliphatic hydroxyl groups is 1. The first-order chi connectivity index (χ1) is 14.2. The van der Waals surface area contributed by atoms with E-state index in [1.165, 1.54) is 13.8 Å². The third-order valence-corrected chi connectivity index (χ3v) is 5.41. The smallest absolute Gasteiger partial charge is 0.302 e. The molecular weight excluding hydrogens is 501 g/mol. The van der Waals surface area contributed by atoms with Gasteiger partial charge < -0.3 is 19.9 Å². The van der Waals surface area contributed by atoms with Gasteiger partial charge in [-0.05, 0) is 59.3 Å². The topological polar surface area (TPSA) is 102 Å². The predicted molar refractivity (Wildman–Crippen MR) is 117 cm³/mol. The van der Waals surface area contributed by atoms with Crippen molar-refractivity contribution in [2.45, 2.75) is 32.6 Å². The van der Waals surface area contributed by atoms with Crippen molar-refractivity contribution in [2.75, 3.05) is 0 Å². The van der Waals surface area contributed by atoms with E-state index in [1.54, 1.807) is 36.4 Å². The highest BCUT2D eigenvalue weighted by Gasteiger charge is 2.35. The highest BCUT2D eigenvalue weighted by Crippen LogP contribution is 2.40. The van der Waals surface area contributed by atoms with E-state index < -0.39 is 24.0 Å². The SMILES string of the molecule is C=C1Oc2c(I)cc(C(C)=O)cc2C(NC(=O)c2cccc(COC(C)=O)c2)[C@H]1O. The zero-order valence-corrected chi connectivity index (χ0v) is 18.6. The molecule has 7 nitrogen and oxygen atoms in total. The van der Waals surface area contributed by atoms with Gasteiger partial charge in [0.25, 0.3) is 5.91 Å². The van der Waals surface area contributed by atoms with Crippen molar-refractivity contribution in [1.29, 1.82) is 0 Å². The first-order valence-corrected chi connectivity index (χ1v) is 10.2. The quantitative estimate of drug-likeness (QED) is 0.356. The van der Waals surface area contributed by atoms with Gasteiger partial charge in [-0.25, -0.2) is 0 Å². The van der Waals surface area contributed by atoms with Gasteiger partial charge in [0, 0.05) is 23.6 Å². The average Bonchev–Trinajstić information content (AvgIpc) is 2.70. The highest BCUT2D eigenvalue weighted by atomic mass is 127. The summed E-state index contributed by atoms with van der Waals surface area (Å²) in [5.74, 6) is -0.443. The Morgan fingerprint density at radius 2 is 1.93 bits per heavy atom. The Labute approximate surface area is 187 Å². The first kappa shape index (κ1) is 22.0. The van der Waals surface area contributed by atoms with Gasteiger partial charge in [0.1, 0.15) is 24.2 Å². The van der Waals surface area contributed by atoms with Gasteiger partial charge in [-0.1, -0.05) is 18.7 Å². The van der Waals surface area contributed by atoms with Crippen LogP contribution in [-0.2, 0) is 16.1 Å². The molecule has 0 aromatic heterocycles. The number of aliphatic hydroxyl groups excluding tert-OH is 1. The molecule has 1 aliphatic heterocycles. The van der Waals surface area contributed by atoms with Gasteiger partial charge in [-0.3, -0.25) is 14.4 Å². The maximum absolute atomic E-state index is 12.9. The van der Waals surface area contributed by atoms with E-state index in [0.29, 0.717) is 31.6 Å². The number of carbonyl (C=O) groups excluding carboxylic acids is 3. The summed E-state index contributed by atoms with van der Waals surface area (Å²) in [4.78, 5) is 35.8. The molecule has 1 heterocycles. The standard InChI is InChI=1S/C22H20INO6/c1-11(25)16-8-17-19(20(27)12(2)30-21(17)18(23)9-16)24-22(28)15-6-4-5-14(7-15)10-29-13(3)26/h4-9,19-20,27H,2,10H2,1,3H3,(H,24,28)/t19?,20-/m0/s1. The monoisotopic (exact) mass is 521 g/mol. The summed E-state index contributed by atoms with van der Waals surface area (Å²) in [5, 5.41) is 13.4. The van der Waals surface area contributed by atoms with Crippen LogP contribution in [0, 0.1) is 3.57 Å². The molecule has 0 radical (unpaired) electrons.